The third-order valence-electron chi connectivity index (χ3n) is 5.96. The van der Waals surface area contributed by atoms with Crippen molar-refractivity contribution in [2.24, 2.45) is 4.99 Å². The highest BCUT2D eigenvalue weighted by atomic mass is 19.1. The van der Waals surface area contributed by atoms with E-state index in [0.29, 0.717) is 30.0 Å². The third kappa shape index (κ3) is 3.96. The summed E-state index contributed by atoms with van der Waals surface area (Å²) >= 11 is 0. The average Bonchev–Trinajstić information content (AvgIpc) is 3.26. The predicted octanol–water partition coefficient (Wildman–Crippen LogP) is 3.73. The molecule has 170 valence electrons. The predicted molar refractivity (Wildman–Crippen MR) is 128 cm³/mol. The van der Waals surface area contributed by atoms with Crippen molar-refractivity contribution in [3.63, 3.8) is 0 Å². The van der Waals surface area contributed by atoms with Crippen LogP contribution in [0.15, 0.2) is 77.8 Å². The fourth-order valence-electron chi connectivity index (χ4n) is 4.30. The molecule has 3 aromatic rings. The summed E-state index contributed by atoms with van der Waals surface area (Å²) in [4.78, 5) is 32.3. The number of hydrogen-bond donors (Lipinski definition) is 1. The Morgan fingerprint density at radius 1 is 1.09 bits per heavy atom. The maximum atomic E-state index is 14.8. The molecule has 0 aliphatic carbocycles. The molecule has 0 spiro atoms. The highest BCUT2D eigenvalue weighted by molar-refractivity contribution is 6.21. The SMILES string of the molecule is COc1ccc(C=CC(=O)NC2N=C(c3ccccc3F)c3cccc4c3N(CC4)C2=O)cc1. The van der Waals surface area contributed by atoms with Gasteiger partial charge in [0.25, 0.3) is 5.91 Å². The van der Waals surface area contributed by atoms with Crippen LogP contribution >= 0.6 is 0 Å². The van der Waals surface area contributed by atoms with Gasteiger partial charge in [-0.15, -0.1) is 0 Å². The Morgan fingerprint density at radius 2 is 1.85 bits per heavy atom. The summed E-state index contributed by atoms with van der Waals surface area (Å²) in [6, 6.07) is 19.2. The van der Waals surface area contributed by atoms with Crippen LogP contribution in [-0.4, -0.2) is 37.3 Å². The molecule has 2 heterocycles. The summed E-state index contributed by atoms with van der Waals surface area (Å²) in [7, 11) is 1.58. The lowest BCUT2D eigenvalue weighted by molar-refractivity contribution is -0.125. The van der Waals surface area contributed by atoms with Gasteiger partial charge in [-0.3, -0.25) is 9.59 Å². The number of ether oxygens (including phenoxy) is 1. The fourth-order valence-corrected chi connectivity index (χ4v) is 4.30. The van der Waals surface area contributed by atoms with E-state index >= 15 is 0 Å². The summed E-state index contributed by atoms with van der Waals surface area (Å²) in [5.74, 6) is -0.549. The first kappa shape index (κ1) is 21.6. The standard InChI is InChI=1S/C27H22FN3O3/c1-34-19-12-9-17(10-13-19)11-14-23(32)29-26-27(33)31-16-15-18-5-4-7-21(25(18)31)24(30-26)20-6-2-3-8-22(20)28/h2-14,26H,15-16H2,1H3,(H,29,32). The molecule has 0 saturated heterocycles. The van der Waals surface area contributed by atoms with Gasteiger partial charge in [0.05, 0.1) is 18.5 Å². The molecule has 6 nitrogen and oxygen atoms in total. The van der Waals surface area contributed by atoms with E-state index in [-0.39, 0.29) is 11.5 Å². The first-order valence-corrected chi connectivity index (χ1v) is 10.9. The second kappa shape index (κ2) is 8.94. The van der Waals surface area contributed by atoms with Crippen LogP contribution in [0, 0.1) is 5.82 Å². The van der Waals surface area contributed by atoms with Gasteiger partial charge >= 0.3 is 0 Å². The Bertz CT molecular complexity index is 1330. The molecular weight excluding hydrogens is 433 g/mol. The molecule has 0 bridgehead atoms. The number of rotatable bonds is 5. The first-order chi connectivity index (χ1) is 16.5. The minimum atomic E-state index is -1.18. The fraction of sp³-hybridized carbons (Fsp3) is 0.148. The quantitative estimate of drug-likeness (QED) is 0.596. The molecule has 2 aliphatic heterocycles. The second-order valence-corrected chi connectivity index (χ2v) is 8.03. The molecule has 2 amide bonds. The molecule has 1 unspecified atom stereocenters. The maximum absolute atomic E-state index is 14.8. The largest absolute Gasteiger partial charge is 0.497 e. The molecular formula is C27H22FN3O3. The zero-order chi connectivity index (χ0) is 23.7. The molecule has 7 heteroatoms. The van der Waals surface area contributed by atoms with Crippen molar-refractivity contribution >= 4 is 29.3 Å². The molecule has 0 saturated carbocycles. The van der Waals surface area contributed by atoms with E-state index in [4.69, 9.17) is 4.74 Å². The van der Waals surface area contributed by atoms with Crippen LogP contribution in [0.5, 0.6) is 5.75 Å². The lowest BCUT2D eigenvalue weighted by Gasteiger charge is -2.20. The van der Waals surface area contributed by atoms with E-state index in [1.165, 1.54) is 12.1 Å². The van der Waals surface area contributed by atoms with Gasteiger partial charge in [0.15, 0.2) is 0 Å². The lowest BCUT2D eigenvalue weighted by Crippen LogP contribution is -2.46. The van der Waals surface area contributed by atoms with Crippen molar-refractivity contribution in [1.82, 2.24) is 5.32 Å². The monoisotopic (exact) mass is 455 g/mol. The van der Waals surface area contributed by atoms with Crippen molar-refractivity contribution in [1.29, 1.82) is 0 Å². The normalized spacial score (nSPS) is 16.8. The average molecular weight is 455 g/mol. The number of hydrogen-bond acceptors (Lipinski definition) is 4. The number of methoxy groups -OCH3 is 1. The number of para-hydroxylation sites is 1. The summed E-state index contributed by atoms with van der Waals surface area (Å²) in [6.45, 7) is 0.485. The Morgan fingerprint density at radius 3 is 2.62 bits per heavy atom. The number of carbonyl (C=O) groups excluding carboxylic acids is 2. The lowest BCUT2D eigenvalue weighted by atomic mass is 9.98. The topological polar surface area (TPSA) is 71.0 Å². The van der Waals surface area contributed by atoms with E-state index in [0.717, 1.165) is 16.8 Å². The molecule has 5 rings (SSSR count). The number of nitrogens with zero attached hydrogens (tertiary/aromatic N) is 2. The van der Waals surface area contributed by atoms with Gasteiger partial charge in [-0.05, 0) is 47.9 Å². The van der Waals surface area contributed by atoms with Crippen LogP contribution < -0.4 is 15.0 Å². The van der Waals surface area contributed by atoms with E-state index in [9.17, 15) is 14.0 Å². The Kier molecular flexibility index (Phi) is 5.67. The number of benzene rings is 3. The van der Waals surface area contributed by atoms with Crippen molar-refractivity contribution in [2.45, 2.75) is 12.6 Å². The molecule has 3 aromatic carbocycles. The summed E-state index contributed by atoms with van der Waals surface area (Å²) in [5.41, 5.74) is 3.85. The molecule has 34 heavy (non-hydrogen) atoms. The minimum Gasteiger partial charge on any atom is -0.497 e. The van der Waals surface area contributed by atoms with Crippen LogP contribution in [0.4, 0.5) is 10.1 Å². The number of amides is 2. The number of nitrogens with one attached hydrogen (secondary N) is 1. The van der Waals surface area contributed by atoms with Crippen LogP contribution in [0.25, 0.3) is 6.08 Å². The number of aliphatic imine (C=N–C) groups is 1. The van der Waals surface area contributed by atoms with Crippen LogP contribution in [0.2, 0.25) is 0 Å². The highest BCUT2D eigenvalue weighted by Crippen LogP contribution is 2.36. The minimum absolute atomic E-state index is 0.283. The van der Waals surface area contributed by atoms with E-state index in [1.807, 2.05) is 30.3 Å². The van der Waals surface area contributed by atoms with Gasteiger partial charge in [-0.1, -0.05) is 42.5 Å². The number of halogens is 1. The molecule has 0 radical (unpaired) electrons. The number of anilines is 1. The Hall–Kier alpha value is -4.26. The molecule has 0 fully saturated rings. The van der Waals surface area contributed by atoms with Gasteiger partial charge in [-0.25, -0.2) is 9.38 Å². The summed E-state index contributed by atoms with van der Waals surface area (Å²) < 4.78 is 19.9. The van der Waals surface area contributed by atoms with Crippen LogP contribution in [0.1, 0.15) is 22.3 Å². The highest BCUT2D eigenvalue weighted by Gasteiger charge is 2.37. The van der Waals surface area contributed by atoms with Crippen molar-refractivity contribution < 1.29 is 18.7 Å². The zero-order valence-electron chi connectivity index (χ0n) is 18.5. The van der Waals surface area contributed by atoms with Gasteiger partial charge in [0.1, 0.15) is 11.6 Å². The maximum Gasteiger partial charge on any atom is 0.272 e. The number of carbonyl (C=O) groups is 2. The zero-order valence-corrected chi connectivity index (χ0v) is 18.5. The third-order valence-corrected chi connectivity index (χ3v) is 5.96. The molecule has 1 N–H and O–H groups in total. The van der Waals surface area contributed by atoms with Gasteiger partial charge in [0, 0.05) is 23.7 Å². The van der Waals surface area contributed by atoms with E-state index in [1.54, 1.807) is 48.4 Å². The molecule has 1 atom stereocenters. The van der Waals surface area contributed by atoms with Crippen molar-refractivity contribution in [3.8, 4) is 5.75 Å². The van der Waals surface area contributed by atoms with Crippen LogP contribution in [0.3, 0.4) is 0 Å². The molecule has 2 aliphatic rings. The summed E-state index contributed by atoms with van der Waals surface area (Å²) in [5, 5.41) is 2.69. The van der Waals surface area contributed by atoms with Crippen molar-refractivity contribution in [2.75, 3.05) is 18.6 Å². The van der Waals surface area contributed by atoms with Gasteiger partial charge in [0.2, 0.25) is 12.1 Å². The smallest absolute Gasteiger partial charge is 0.272 e. The Balaban J connectivity index is 1.49. The van der Waals surface area contributed by atoms with Crippen LogP contribution in [-0.2, 0) is 16.0 Å². The second-order valence-electron chi connectivity index (χ2n) is 8.03. The summed E-state index contributed by atoms with van der Waals surface area (Å²) in [6.07, 6.45) is 2.50. The Labute approximate surface area is 196 Å². The van der Waals surface area contributed by atoms with E-state index < -0.39 is 17.9 Å². The van der Waals surface area contributed by atoms with E-state index in [2.05, 4.69) is 10.3 Å². The molecule has 0 aromatic heterocycles. The van der Waals surface area contributed by atoms with Crippen molar-refractivity contribution in [3.05, 3.63) is 101 Å². The first-order valence-electron chi connectivity index (χ1n) is 10.9. The van der Waals surface area contributed by atoms with Gasteiger partial charge in [-0.2, -0.15) is 0 Å². The van der Waals surface area contributed by atoms with Gasteiger partial charge < -0.3 is 15.0 Å².